The molecule has 0 spiro atoms. The van der Waals surface area contributed by atoms with Gasteiger partial charge < -0.3 is 14.2 Å². The van der Waals surface area contributed by atoms with E-state index in [1.807, 2.05) is 0 Å². The van der Waals surface area contributed by atoms with Crippen LogP contribution in [0.3, 0.4) is 0 Å². The number of hydrogen-bond acceptors (Lipinski definition) is 6. The second-order valence-corrected chi connectivity index (χ2v) is 24.8. The molecule has 0 heterocycles. The number of hydrogen-bond donors (Lipinski definition) is 0. The highest BCUT2D eigenvalue weighted by Crippen LogP contribution is 2.19. The third kappa shape index (κ3) is 69.8. The molecule has 0 amide bonds. The minimum absolute atomic E-state index is 0.0714. The van der Waals surface area contributed by atoms with Gasteiger partial charge in [0.25, 0.3) is 0 Å². The average Bonchev–Trinajstić information content (AvgIpc) is 3.48. The molecule has 0 aromatic rings. The molecule has 0 saturated heterocycles. The predicted molar refractivity (Wildman–Crippen MR) is 362 cm³/mol. The maximum Gasteiger partial charge on any atom is 0.306 e. The van der Waals surface area contributed by atoms with Crippen molar-refractivity contribution in [2.24, 2.45) is 0 Å². The van der Waals surface area contributed by atoms with E-state index in [0.29, 0.717) is 19.3 Å². The minimum Gasteiger partial charge on any atom is -0.462 e. The van der Waals surface area contributed by atoms with Crippen LogP contribution in [-0.4, -0.2) is 37.2 Å². The summed E-state index contributed by atoms with van der Waals surface area (Å²) < 4.78 is 17.0. The number of allylic oxidation sites excluding steroid dienone is 10. The Morgan fingerprint density at radius 1 is 0.253 bits per heavy atom. The van der Waals surface area contributed by atoms with Crippen molar-refractivity contribution < 1.29 is 28.6 Å². The van der Waals surface area contributed by atoms with Gasteiger partial charge in [-0.25, -0.2) is 0 Å². The molecule has 0 saturated carbocycles. The first-order valence-electron chi connectivity index (χ1n) is 36.8. The van der Waals surface area contributed by atoms with Gasteiger partial charge in [0.05, 0.1) is 0 Å². The van der Waals surface area contributed by atoms with E-state index >= 15 is 0 Å². The molecule has 6 heteroatoms. The molecule has 484 valence electrons. The first-order valence-corrected chi connectivity index (χ1v) is 36.8. The Bertz CT molecular complexity index is 1470. The monoisotopic (exact) mass is 1160 g/mol. The highest BCUT2D eigenvalue weighted by atomic mass is 16.6. The number of carbonyl (C=O) groups excluding carboxylic acids is 3. The van der Waals surface area contributed by atoms with Gasteiger partial charge in [0.1, 0.15) is 13.2 Å². The van der Waals surface area contributed by atoms with Crippen molar-refractivity contribution in [1.29, 1.82) is 0 Å². The number of rotatable bonds is 68. The van der Waals surface area contributed by atoms with Crippen LogP contribution in [-0.2, 0) is 28.6 Å². The first-order chi connectivity index (χ1) is 41.0. The molecule has 0 aliphatic rings. The Morgan fingerprint density at radius 3 is 0.783 bits per heavy atom. The Labute approximate surface area is 517 Å². The van der Waals surface area contributed by atoms with Crippen LogP contribution < -0.4 is 0 Å². The van der Waals surface area contributed by atoms with Crippen molar-refractivity contribution in [2.75, 3.05) is 13.2 Å². The van der Waals surface area contributed by atoms with E-state index in [9.17, 15) is 14.4 Å². The lowest BCUT2D eigenvalue weighted by atomic mass is 10.0. The summed E-state index contributed by atoms with van der Waals surface area (Å²) in [4.78, 5) is 38.4. The second-order valence-electron chi connectivity index (χ2n) is 24.8. The quantitative estimate of drug-likeness (QED) is 0.0261. The van der Waals surface area contributed by atoms with Gasteiger partial charge >= 0.3 is 17.9 Å². The molecule has 0 radical (unpaired) electrons. The van der Waals surface area contributed by atoms with Crippen LogP contribution in [0.25, 0.3) is 0 Å². The summed E-state index contributed by atoms with van der Waals surface area (Å²) in [6.07, 6.45) is 92.7. The SMILES string of the molecule is CC/C=C\C/C=C\C/C=C\C/C=C\CCCCCCCCCCCCCCCCCCC(=O)OCC(COC(=O)CCCCCCC/C=C\CCCC)OC(=O)CCCCCCCCCCCCCCCCCCCCCCCCCCC. The number of ether oxygens (including phenoxy) is 3. The highest BCUT2D eigenvalue weighted by Gasteiger charge is 2.19. The van der Waals surface area contributed by atoms with Gasteiger partial charge in [-0.2, -0.15) is 0 Å². The van der Waals surface area contributed by atoms with Crippen LogP contribution in [0.15, 0.2) is 60.8 Å². The smallest absolute Gasteiger partial charge is 0.306 e. The van der Waals surface area contributed by atoms with E-state index in [4.69, 9.17) is 14.2 Å². The van der Waals surface area contributed by atoms with Gasteiger partial charge in [0, 0.05) is 19.3 Å². The topological polar surface area (TPSA) is 78.9 Å². The molecule has 0 fully saturated rings. The summed E-state index contributed by atoms with van der Waals surface area (Å²) in [5.41, 5.74) is 0. The standard InChI is InChI=1S/C77H140O6/c1-4-7-10-13-16-19-22-24-26-28-30-32-34-36-37-38-39-41-42-44-46-48-50-52-55-58-61-64-67-70-76(79)82-73-74(72-81-75(78)69-66-63-60-57-54-21-18-15-12-9-6-3)83-77(80)71-68-65-62-59-56-53-51-49-47-45-43-40-35-33-31-29-27-25-23-20-17-14-11-8-5-2/h7,10,15-16,18-19,24,26,30,32,74H,4-6,8-9,11-14,17,20-23,25,27-29,31,33-73H2,1-3H3/b10-7-,18-15-,19-16-,26-24-,32-30-. The van der Waals surface area contributed by atoms with Crippen molar-refractivity contribution in [3.8, 4) is 0 Å². The van der Waals surface area contributed by atoms with Gasteiger partial charge in [-0.3, -0.25) is 14.4 Å². The number of carbonyl (C=O) groups is 3. The molecule has 0 rings (SSSR count). The van der Waals surface area contributed by atoms with E-state index in [1.165, 1.54) is 263 Å². The minimum atomic E-state index is -0.775. The van der Waals surface area contributed by atoms with E-state index in [2.05, 4.69) is 81.5 Å². The summed E-state index contributed by atoms with van der Waals surface area (Å²) in [5.74, 6) is -0.855. The van der Waals surface area contributed by atoms with Crippen molar-refractivity contribution in [3.63, 3.8) is 0 Å². The molecule has 0 aromatic carbocycles. The van der Waals surface area contributed by atoms with Gasteiger partial charge in [0.15, 0.2) is 6.10 Å². The Kier molecular flexibility index (Phi) is 69.1. The molecule has 0 bridgehead atoms. The maximum absolute atomic E-state index is 13.0. The molecular weight excluding hydrogens is 1020 g/mol. The van der Waals surface area contributed by atoms with E-state index in [0.717, 1.165) is 89.9 Å². The lowest BCUT2D eigenvalue weighted by Crippen LogP contribution is -2.30. The van der Waals surface area contributed by atoms with Crippen molar-refractivity contribution >= 4 is 17.9 Å². The lowest BCUT2D eigenvalue weighted by Gasteiger charge is -2.18. The van der Waals surface area contributed by atoms with Crippen LogP contribution in [0.2, 0.25) is 0 Å². The van der Waals surface area contributed by atoms with Gasteiger partial charge in [0.2, 0.25) is 0 Å². The maximum atomic E-state index is 13.0. The molecule has 83 heavy (non-hydrogen) atoms. The zero-order chi connectivity index (χ0) is 59.9. The summed E-state index contributed by atoms with van der Waals surface area (Å²) in [7, 11) is 0. The predicted octanol–water partition coefficient (Wildman–Crippen LogP) is 25.5. The molecule has 0 N–H and O–H groups in total. The number of esters is 3. The summed E-state index contributed by atoms with van der Waals surface area (Å²) in [6, 6.07) is 0. The Hall–Kier alpha value is -2.89. The molecule has 1 atom stereocenters. The van der Waals surface area contributed by atoms with Crippen LogP contribution in [0.4, 0.5) is 0 Å². The Morgan fingerprint density at radius 2 is 0.482 bits per heavy atom. The lowest BCUT2D eigenvalue weighted by molar-refractivity contribution is -0.167. The van der Waals surface area contributed by atoms with Crippen molar-refractivity contribution in [2.45, 2.75) is 399 Å². The molecule has 0 aliphatic heterocycles. The van der Waals surface area contributed by atoms with Crippen LogP contribution in [0.5, 0.6) is 0 Å². The fourth-order valence-corrected chi connectivity index (χ4v) is 11.0. The summed E-state index contributed by atoms with van der Waals surface area (Å²) in [5, 5.41) is 0. The molecule has 6 nitrogen and oxygen atoms in total. The van der Waals surface area contributed by atoms with E-state index in [1.54, 1.807) is 0 Å². The normalized spacial score (nSPS) is 12.4. The van der Waals surface area contributed by atoms with E-state index < -0.39 is 6.10 Å². The van der Waals surface area contributed by atoms with Crippen LogP contribution in [0, 0.1) is 0 Å². The summed E-state index contributed by atoms with van der Waals surface area (Å²) in [6.45, 7) is 6.55. The average molecular weight is 1160 g/mol. The third-order valence-corrected chi connectivity index (χ3v) is 16.5. The van der Waals surface area contributed by atoms with Gasteiger partial charge in [-0.15, -0.1) is 0 Å². The second kappa shape index (κ2) is 71.6. The highest BCUT2D eigenvalue weighted by molar-refractivity contribution is 5.71. The third-order valence-electron chi connectivity index (χ3n) is 16.5. The molecule has 1 unspecified atom stereocenters. The van der Waals surface area contributed by atoms with Gasteiger partial charge in [-0.1, -0.05) is 358 Å². The van der Waals surface area contributed by atoms with Crippen molar-refractivity contribution in [1.82, 2.24) is 0 Å². The largest absolute Gasteiger partial charge is 0.462 e. The fourth-order valence-electron chi connectivity index (χ4n) is 11.0. The van der Waals surface area contributed by atoms with Gasteiger partial charge in [-0.05, 0) is 77.0 Å². The zero-order valence-corrected chi connectivity index (χ0v) is 55.7. The summed E-state index contributed by atoms with van der Waals surface area (Å²) >= 11 is 0. The first kappa shape index (κ1) is 80.1. The van der Waals surface area contributed by atoms with Crippen molar-refractivity contribution in [3.05, 3.63) is 60.8 Å². The van der Waals surface area contributed by atoms with Crippen LogP contribution >= 0.6 is 0 Å². The number of unbranched alkanes of at least 4 members (excludes halogenated alkanes) is 47. The molecule has 0 aliphatic carbocycles. The zero-order valence-electron chi connectivity index (χ0n) is 55.7. The molecular formula is C77H140O6. The Balaban J connectivity index is 4.14. The van der Waals surface area contributed by atoms with Crippen LogP contribution in [0.1, 0.15) is 393 Å². The molecule has 0 aromatic heterocycles. The van der Waals surface area contributed by atoms with E-state index in [-0.39, 0.29) is 31.1 Å². The fraction of sp³-hybridized carbons (Fsp3) is 0.831.